The highest BCUT2D eigenvalue weighted by molar-refractivity contribution is 7.10. The fraction of sp³-hybridized carbons (Fsp3) is 0.250. The number of carbonyl (C=O) groups excluding carboxylic acids is 3. The Morgan fingerprint density at radius 2 is 1.81 bits per heavy atom. The average molecular weight is 520 g/mol. The van der Waals surface area contributed by atoms with E-state index in [-0.39, 0.29) is 18.1 Å². The molecule has 192 valence electrons. The molecule has 0 spiro atoms. The molecule has 8 nitrogen and oxygen atoms in total. The van der Waals surface area contributed by atoms with Gasteiger partial charge in [-0.2, -0.15) is 0 Å². The highest BCUT2D eigenvalue weighted by atomic mass is 32.1. The van der Waals surface area contributed by atoms with Crippen molar-refractivity contribution in [3.63, 3.8) is 0 Å². The van der Waals surface area contributed by atoms with E-state index >= 15 is 0 Å². The third-order valence-electron chi connectivity index (χ3n) is 6.06. The van der Waals surface area contributed by atoms with Crippen LogP contribution in [0.25, 0.3) is 6.08 Å². The van der Waals surface area contributed by atoms with Crippen LogP contribution in [0.1, 0.15) is 39.2 Å². The van der Waals surface area contributed by atoms with Crippen molar-refractivity contribution in [1.29, 1.82) is 0 Å². The van der Waals surface area contributed by atoms with Crippen molar-refractivity contribution >= 4 is 35.1 Å². The number of nitrogens with zero attached hydrogens (tertiary/aromatic N) is 1. The Morgan fingerprint density at radius 3 is 2.49 bits per heavy atom. The summed E-state index contributed by atoms with van der Waals surface area (Å²) in [5.74, 6) is 0.191. The number of hydrogen-bond acceptors (Lipinski definition) is 6. The van der Waals surface area contributed by atoms with Crippen LogP contribution in [-0.2, 0) is 22.7 Å². The van der Waals surface area contributed by atoms with Gasteiger partial charge in [-0.1, -0.05) is 30.3 Å². The van der Waals surface area contributed by atoms with Crippen LogP contribution < -0.4 is 20.1 Å². The highest BCUT2D eigenvalue weighted by Crippen LogP contribution is 2.27. The molecule has 2 N–H and O–H groups in total. The summed E-state index contributed by atoms with van der Waals surface area (Å²) in [6.45, 7) is 1.51. The molecular formula is C28H29N3O5S. The molecule has 0 bridgehead atoms. The third kappa shape index (κ3) is 6.56. The quantitative estimate of drug-likeness (QED) is 0.395. The second kappa shape index (κ2) is 12.2. The van der Waals surface area contributed by atoms with Crippen LogP contribution >= 0.6 is 11.3 Å². The highest BCUT2D eigenvalue weighted by Gasteiger charge is 2.21. The maximum Gasteiger partial charge on any atom is 0.268 e. The monoisotopic (exact) mass is 519 g/mol. The van der Waals surface area contributed by atoms with Gasteiger partial charge in [0.05, 0.1) is 14.2 Å². The van der Waals surface area contributed by atoms with Gasteiger partial charge in [0.25, 0.3) is 11.8 Å². The lowest BCUT2D eigenvalue weighted by atomic mass is 10.1. The fourth-order valence-corrected chi connectivity index (χ4v) is 4.74. The van der Waals surface area contributed by atoms with Crippen LogP contribution in [0.5, 0.6) is 11.5 Å². The molecule has 0 atom stereocenters. The molecule has 4 rings (SSSR count). The van der Waals surface area contributed by atoms with E-state index in [0.29, 0.717) is 30.0 Å². The van der Waals surface area contributed by atoms with E-state index in [4.69, 9.17) is 9.47 Å². The molecular weight excluding hydrogens is 490 g/mol. The summed E-state index contributed by atoms with van der Waals surface area (Å²) >= 11 is 1.46. The van der Waals surface area contributed by atoms with E-state index in [2.05, 4.69) is 10.6 Å². The topological polar surface area (TPSA) is 97.0 Å². The predicted molar refractivity (Wildman–Crippen MR) is 142 cm³/mol. The molecule has 1 aliphatic heterocycles. The minimum absolute atomic E-state index is 0.120. The molecule has 1 saturated heterocycles. The van der Waals surface area contributed by atoms with Crippen molar-refractivity contribution in [2.75, 3.05) is 20.8 Å². The molecule has 0 unspecified atom stereocenters. The smallest absolute Gasteiger partial charge is 0.268 e. The van der Waals surface area contributed by atoms with Gasteiger partial charge in [0.1, 0.15) is 5.70 Å². The Balaban J connectivity index is 1.50. The van der Waals surface area contributed by atoms with Crippen molar-refractivity contribution in [3.8, 4) is 11.5 Å². The van der Waals surface area contributed by atoms with Crippen LogP contribution in [-0.4, -0.2) is 43.4 Å². The van der Waals surface area contributed by atoms with Gasteiger partial charge >= 0.3 is 0 Å². The minimum atomic E-state index is -0.452. The van der Waals surface area contributed by atoms with Gasteiger partial charge in [-0.05, 0) is 53.3 Å². The molecule has 2 aromatic carbocycles. The summed E-state index contributed by atoms with van der Waals surface area (Å²) in [6, 6.07) is 16.3. The number of thiophene rings is 1. The molecule has 0 aliphatic carbocycles. The number of nitrogens with one attached hydrogen (secondary N) is 2. The van der Waals surface area contributed by atoms with E-state index in [1.807, 2.05) is 46.7 Å². The van der Waals surface area contributed by atoms with E-state index in [1.165, 1.54) is 25.6 Å². The number of amides is 3. The molecule has 1 fully saturated rings. The first kappa shape index (κ1) is 26.0. The van der Waals surface area contributed by atoms with Gasteiger partial charge in [-0.3, -0.25) is 14.4 Å². The van der Waals surface area contributed by atoms with E-state index in [1.54, 1.807) is 24.3 Å². The third-order valence-corrected chi connectivity index (χ3v) is 6.88. The number of ether oxygens (including phenoxy) is 2. The van der Waals surface area contributed by atoms with Crippen molar-refractivity contribution in [2.24, 2.45) is 0 Å². The van der Waals surface area contributed by atoms with Crippen molar-refractivity contribution < 1.29 is 23.9 Å². The van der Waals surface area contributed by atoms with Gasteiger partial charge < -0.3 is 25.0 Å². The minimum Gasteiger partial charge on any atom is -0.493 e. The molecule has 3 aromatic rings. The Morgan fingerprint density at radius 1 is 1.03 bits per heavy atom. The molecule has 0 radical (unpaired) electrons. The zero-order chi connectivity index (χ0) is 26.2. The van der Waals surface area contributed by atoms with E-state index < -0.39 is 11.8 Å². The lowest BCUT2D eigenvalue weighted by molar-refractivity contribution is -0.128. The van der Waals surface area contributed by atoms with Crippen molar-refractivity contribution in [3.05, 3.63) is 87.2 Å². The van der Waals surface area contributed by atoms with Crippen LogP contribution in [0.2, 0.25) is 0 Å². The first-order valence-electron chi connectivity index (χ1n) is 11.9. The molecule has 2 heterocycles. The molecule has 9 heteroatoms. The lowest BCUT2D eigenvalue weighted by Crippen LogP contribution is -2.35. The van der Waals surface area contributed by atoms with Gasteiger partial charge in [0.2, 0.25) is 5.91 Å². The fourth-order valence-electron chi connectivity index (χ4n) is 4.08. The number of rotatable bonds is 10. The summed E-state index contributed by atoms with van der Waals surface area (Å²) in [6.07, 6.45) is 3.09. The molecule has 1 aromatic heterocycles. The maximum atomic E-state index is 13.2. The van der Waals surface area contributed by atoms with Crippen molar-refractivity contribution in [2.45, 2.75) is 25.9 Å². The first-order chi connectivity index (χ1) is 18.0. The maximum absolute atomic E-state index is 13.2. The Hall–Kier alpha value is -4.11. The number of likely N-dealkylation sites (tertiary alicyclic amines) is 1. The molecule has 37 heavy (non-hydrogen) atoms. The van der Waals surface area contributed by atoms with Gasteiger partial charge in [-0.15, -0.1) is 11.3 Å². The van der Waals surface area contributed by atoms with E-state index in [0.717, 1.165) is 29.0 Å². The summed E-state index contributed by atoms with van der Waals surface area (Å²) in [4.78, 5) is 41.0. The van der Waals surface area contributed by atoms with Crippen LogP contribution in [0.3, 0.4) is 0 Å². The van der Waals surface area contributed by atoms with E-state index in [9.17, 15) is 14.4 Å². The van der Waals surface area contributed by atoms with Crippen molar-refractivity contribution in [1.82, 2.24) is 15.5 Å². The number of carbonyl (C=O) groups is 3. The standard InChI is InChI=1S/C28H29N3O5S/c1-35-24-12-11-19(15-25(24)36-2)27(33)30-23(16-22-9-6-14-37-22)28(34)29-17-20-7-3-4-8-21(20)18-31-13-5-10-26(31)32/h3-4,6-9,11-12,14-16H,5,10,13,17-18H2,1-2H3,(H,29,34)(H,30,33)/b23-16-. The zero-order valence-corrected chi connectivity index (χ0v) is 21.6. The molecule has 3 amide bonds. The van der Waals surface area contributed by atoms with Gasteiger partial charge in [-0.25, -0.2) is 0 Å². The first-order valence-corrected chi connectivity index (χ1v) is 12.8. The second-order valence-electron chi connectivity index (χ2n) is 8.47. The molecule has 1 aliphatic rings. The number of hydrogen-bond donors (Lipinski definition) is 2. The van der Waals surface area contributed by atoms with Crippen LogP contribution in [0, 0.1) is 0 Å². The average Bonchev–Trinajstić information content (AvgIpc) is 3.58. The number of benzene rings is 2. The predicted octanol–water partition coefficient (Wildman–Crippen LogP) is 3.98. The Bertz CT molecular complexity index is 1300. The summed E-state index contributed by atoms with van der Waals surface area (Å²) in [5, 5.41) is 7.56. The molecule has 0 saturated carbocycles. The number of methoxy groups -OCH3 is 2. The second-order valence-corrected chi connectivity index (χ2v) is 9.45. The Labute approximate surface area is 219 Å². The summed E-state index contributed by atoms with van der Waals surface area (Å²) in [7, 11) is 3.01. The zero-order valence-electron chi connectivity index (χ0n) is 20.8. The van der Waals surface area contributed by atoms with Gasteiger partial charge in [0, 0.05) is 36.5 Å². The van der Waals surface area contributed by atoms with Gasteiger partial charge in [0.15, 0.2) is 11.5 Å². The van der Waals surface area contributed by atoms with Crippen LogP contribution in [0.4, 0.5) is 0 Å². The SMILES string of the molecule is COc1ccc(C(=O)N/C(=C\c2cccs2)C(=O)NCc2ccccc2CN2CCCC2=O)cc1OC. The lowest BCUT2D eigenvalue weighted by Gasteiger charge is -2.18. The van der Waals surface area contributed by atoms with Crippen LogP contribution in [0.15, 0.2) is 65.7 Å². The summed E-state index contributed by atoms with van der Waals surface area (Å²) < 4.78 is 10.5. The summed E-state index contributed by atoms with van der Waals surface area (Å²) in [5.41, 5.74) is 2.34. The largest absolute Gasteiger partial charge is 0.493 e. The normalized spacial score (nSPS) is 13.4. The Kier molecular flexibility index (Phi) is 8.58.